The highest BCUT2D eigenvalue weighted by atomic mass is 16.5. The van der Waals surface area contributed by atoms with Crippen LogP contribution in [0.5, 0.6) is 5.88 Å². The molecule has 0 aromatic carbocycles. The summed E-state index contributed by atoms with van der Waals surface area (Å²) in [5, 5.41) is 2.68. The van der Waals surface area contributed by atoms with Crippen LogP contribution in [0.3, 0.4) is 0 Å². The Bertz CT molecular complexity index is 797. The van der Waals surface area contributed by atoms with Crippen LogP contribution in [-0.4, -0.2) is 55.3 Å². The van der Waals surface area contributed by atoms with Gasteiger partial charge in [0.1, 0.15) is 24.5 Å². The molecule has 2 aromatic heterocycles. The Kier molecular flexibility index (Phi) is 5.80. The smallest absolute Gasteiger partial charge is 0.335 e. The van der Waals surface area contributed by atoms with Crippen LogP contribution in [0.25, 0.3) is 0 Å². The molecular formula is C17H20N4O5. The fourth-order valence-corrected chi connectivity index (χ4v) is 2.46. The quantitative estimate of drug-likeness (QED) is 0.737. The van der Waals surface area contributed by atoms with Gasteiger partial charge in [0.2, 0.25) is 5.88 Å². The van der Waals surface area contributed by atoms with Crippen LogP contribution < -0.4 is 20.6 Å². The van der Waals surface area contributed by atoms with Crippen molar-refractivity contribution in [3.8, 4) is 5.88 Å². The summed E-state index contributed by atoms with van der Waals surface area (Å²) >= 11 is 0. The largest absolute Gasteiger partial charge is 0.476 e. The highest BCUT2D eigenvalue weighted by molar-refractivity contribution is 5.93. The molecular weight excluding hydrogens is 340 g/mol. The molecule has 0 unspecified atom stereocenters. The number of amides is 1. The van der Waals surface area contributed by atoms with Crippen LogP contribution in [-0.2, 0) is 4.74 Å². The van der Waals surface area contributed by atoms with Gasteiger partial charge in [0.15, 0.2) is 0 Å². The molecule has 26 heavy (non-hydrogen) atoms. The van der Waals surface area contributed by atoms with Crippen molar-refractivity contribution in [3.05, 3.63) is 46.3 Å². The van der Waals surface area contributed by atoms with E-state index in [4.69, 9.17) is 9.47 Å². The van der Waals surface area contributed by atoms with Gasteiger partial charge in [0, 0.05) is 25.2 Å². The fraction of sp³-hybridized carbons (Fsp3) is 0.412. The van der Waals surface area contributed by atoms with Crippen LogP contribution in [0.1, 0.15) is 16.2 Å². The Balaban J connectivity index is 1.51. The number of nitrogens with zero attached hydrogens (tertiary/aromatic N) is 3. The average molecular weight is 360 g/mol. The van der Waals surface area contributed by atoms with Crippen LogP contribution >= 0.6 is 0 Å². The number of aryl methyl sites for hydroxylation is 1. The summed E-state index contributed by atoms with van der Waals surface area (Å²) in [4.78, 5) is 33.6. The molecule has 3 rings (SSSR count). The van der Waals surface area contributed by atoms with E-state index in [0.29, 0.717) is 24.9 Å². The van der Waals surface area contributed by atoms with Gasteiger partial charge in [-0.3, -0.25) is 4.79 Å². The summed E-state index contributed by atoms with van der Waals surface area (Å²) in [7, 11) is 0. The number of morpholine rings is 1. The van der Waals surface area contributed by atoms with E-state index in [-0.39, 0.29) is 24.6 Å². The maximum Gasteiger partial charge on any atom is 0.335 e. The second-order valence-corrected chi connectivity index (χ2v) is 5.66. The molecule has 1 amide bonds. The molecule has 0 atom stereocenters. The van der Waals surface area contributed by atoms with Crippen LogP contribution in [0.2, 0.25) is 0 Å². The predicted octanol–water partition coefficient (Wildman–Crippen LogP) is 0.384. The number of anilines is 1. The molecule has 3 heterocycles. The first kappa shape index (κ1) is 17.9. The molecule has 138 valence electrons. The first-order valence-electron chi connectivity index (χ1n) is 8.30. The van der Waals surface area contributed by atoms with E-state index < -0.39 is 5.63 Å². The SMILES string of the molecule is Cc1nc(OCCNC(=O)c2ccc(=O)oc2)cc(N2CCOCC2)n1. The summed E-state index contributed by atoms with van der Waals surface area (Å²) in [6, 6.07) is 4.39. The first-order chi connectivity index (χ1) is 12.6. The van der Waals surface area contributed by atoms with Crippen LogP contribution in [0.4, 0.5) is 5.82 Å². The summed E-state index contributed by atoms with van der Waals surface area (Å²) in [6.45, 7) is 5.24. The van der Waals surface area contributed by atoms with E-state index in [1.165, 1.54) is 12.1 Å². The molecule has 1 aliphatic heterocycles. The normalized spacial score (nSPS) is 14.1. The number of ether oxygens (including phenoxy) is 2. The maximum atomic E-state index is 11.9. The van der Waals surface area contributed by atoms with Crippen LogP contribution in [0, 0.1) is 6.92 Å². The van der Waals surface area contributed by atoms with E-state index in [0.717, 1.165) is 25.2 Å². The molecule has 1 saturated heterocycles. The van der Waals surface area contributed by atoms with Gasteiger partial charge in [-0.15, -0.1) is 0 Å². The van der Waals surface area contributed by atoms with E-state index >= 15 is 0 Å². The summed E-state index contributed by atoms with van der Waals surface area (Å²) < 4.78 is 15.6. The van der Waals surface area contributed by atoms with Gasteiger partial charge >= 0.3 is 5.63 Å². The third kappa shape index (κ3) is 4.79. The van der Waals surface area contributed by atoms with E-state index in [2.05, 4.69) is 24.6 Å². The monoisotopic (exact) mass is 360 g/mol. The number of carbonyl (C=O) groups is 1. The molecule has 0 aliphatic carbocycles. The van der Waals surface area contributed by atoms with Crippen molar-refractivity contribution in [2.75, 3.05) is 44.4 Å². The lowest BCUT2D eigenvalue weighted by molar-refractivity contribution is 0.0944. The van der Waals surface area contributed by atoms with Crippen molar-refractivity contribution in [2.45, 2.75) is 6.92 Å². The standard InChI is InChI=1S/C17H20N4O5/c1-12-19-14(21-5-8-24-9-6-21)10-15(20-12)25-7-4-18-17(23)13-2-3-16(22)26-11-13/h2-3,10-11H,4-9H2,1H3,(H,18,23). The Labute approximate surface area is 150 Å². The van der Waals surface area contributed by atoms with E-state index in [1.807, 2.05) is 6.92 Å². The maximum absolute atomic E-state index is 11.9. The number of aromatic nitrogens is 2. The summed E-state index contributed by atoms with van der Waals surface area (Å²) in [5.41, 5.74) is -0.225. The predicted molar refractivity (Wildman–Crippen MR) is 92.6 cm³/mol. The van der Waals surface area contributed by atoms with Gasteiger partial charge in [-0.25, -0.2) is 9.78 Å². The minimum Gasteiger partial charge on any atom is -0.476 e. The lowest BCUT2D eigenvalue weighted by Gasteiger charge is -2.28. The zero-order chi connectivity index (χ0) is 18.4. The van der Waals surface area contributed by atoms with Crippen molar-refractivity contribution >= 4 is 11.7 Å². The van der Waals surface area contributed by atoms with Crippen molar-refractivity contribution in [3.63, 3.8) is 0 Å². The Morgan fingerprint density at radius 2 is 2.12 bits per heavy atom. The highest BCUT2D eigenvalue weighted by Crippen LogP contribution is 2.18. The molecule has 0 spiro atoms. The third-order valence-electron chi connectivity index (χ3n) is 3.74. The fourth-order valence-electron chi connectivity index (χ4n) is 2.46. The number of hydrogen-bond acceptors (Lipinski definition) is 8. The molecule has 1 fully saturated rings. The minimum absolute atomic E-state index is 0.252. The molecule has 1 aliphatic rings. The van der Waals surface area contributed by atoms with Crippen molar-refractivity contribution in [1.82, 2.24) is 15.3 Å². The third-order valence-corrected chi connectivity index (χ3v) is 3.74. The summed E-state index contributed by atoms with van der Waals surface area (Å²) in [6.07, 6.45) is 1.13. The number of rotatable bonds is 6. The number of hydrogen-bond donors (Lipinski definition) is 1. The van der Waals surface area contributed by atoms with Gasteiger partial charge in [-0.2, -0.15) is 4.98 Å². The summed E-state index contributed by atoms with van der Waals surface area (Å²) in [5.74, 6) is 1.54. The molecule has 0 saturated carbocycles. The average Bonchev–Trinajstić information content (AvgIpc) is 2.66. The van der Waals surface area contributed by atoms with Gasteiger partial charge in [-0.1, -0.05) is 0 Å². The zero-order valence-electron chi connectivity index (χ0n) is 14.4. The highest BCUT2D eigenvalue weighted by Gasteiger charge is 2.14. The van der Waals surface area contributed by atoms with Gasteiger partial charge in [0.05, 0.1) is 25.3 Å². The Morgan fingerprint density at radius 3 is 2.85 bits per heavy atom. The lowest BCUT2D eigenvalue weighted by Crippen LogP contribution is -2.37. The minimum atomic E-state index is -0.500. The van der Waals surface area contributed by atoms with Gasteiger partial charge < -0.3 is 24.1 Å². The van der Waals surface area contributed by atoms with Gasteiger partial charge in [0.25, 0.3) is 5.91 Å². The van der Waals surface area contributed by atoms with Crippen molar-refractivity contribution in [2.24, 2.45) is 0 Å². The molecule has 1 N–H and O–H groups in total. The first-order valence-corrected chi connectivity index (χ1v) is 8.30. The molecule has 9 nitrogen and oxygen atoms in total. The second-order valence-electron chi connectivity index (χ2n) is 5.66. The molecule has 9 heteroatoms. The zero-order valence-corrected chi connectivity index (χ0v) is 14.4. The Hall–Kier alpha value is -2.94. The van der Waals surface area contributed by atoms with Crippen molar-refractivity contribution in [1.29, 1.82) is 0 Å². The topological polar surface area (TPSA) is 107 Å². The number of nitrogens with one attached hydrogen (secondary N) is 1. The van der Waals surface area contributed by atoms with Crippen LogP contribution in [0.15, 0.2) is 33.7 Å². The van der Waals surface area contributed by atoms with E-state index in [9.17, 15) is 9.59 Å². The lowest BCUT2D eigenvalue weighted by atomic mass is 10.3. The second kappa shape index (κ2) is 8.43. The Morgan fingerprint density at radius 1 is 1.31 bits per heavy atom. The molecule has 0 bridgehead atoms. The molecule has 0 radical (unpaired) electrons. The van der Waals surface area contributed by atoms with Gasteiger partial charge in [-0.05, 0) is 13.0 Å². The number of carbonyl (C=O) groups excluding carboxylic acids is 1. The van der Waals surface area contributed by atoms with E-state index in [1.54, 1.807) is 6.07 Å². The van der Waals surface area contributed by atoms with Crippen molar-refractivity contribution < 1.29 is 18.7 Å². The molecule has 2 aromatic rings.